The molecule has 2 fully saturated rings. The number of nitrogens with zero attached hydrogens (tertiary/aromatic N) is 1. The van der Waals surface area contributed by atoms with Gasteiger partial charge in [-0.05, 0) is 43.4 Å². The van der Waals surface area contributed by atoms with Crippen molar-refractivity contribution in [1.82, 2.24) is 4.90 Å². The van der Waals surface area contributed by atoms with Crippen molar-refractivity contribution in [3.63, 3.8) is 0 Å². The molecule has 1 aromatic rings. The summed E-state index contributed by atoms with van der Waals surface area (Å²) in [6.45, 7) is 2.40. The van der Waals surface area contributed by atoms with E-state index in [-0.39, 0.29) is 11.5 Å². The Balaban J connectivity index is 1.53. The van der Waals surface area contributed by atoms with Crippen LogP contribution in [0.3, 0.4) is 0 Å². The summed E-state index contributed by atoms with van der Waals surface area (Å²) in [5.74, 6) is -0.234. The van der Waals surface area contributed by atoms with Crippen LogP contribution in [-0.4, -0.2) is 47.7 Å². The van der Waals surface area contributed by atoms with Gasteiger partial charge >= 0.3 is 5.97 Å². The molecule has 0 spiro atoms. The SMILES string of the molecule is O=C(O)c1ccc(CCC(=O)N(C[C@H]2CCOC2)C2CC2)cc1. The van der Waals surface area contributed by atoms with E-state index in [0.717, 1.165) is 44.6 Å². The lowest BCUT2D eigenvalue weighted by Gasteiger charge is -2.25. The normalized spacial score (nSPS) is 20.4. The highest BCUT2D eigenvalue weighted by atomic mass is 16.5. The Hall–Kier alpha value is -1.88. The molecular formula is C18H23NO4. The molecule has 1 N–H and O–H groups in total. The molecule has 1 saturated carbocycles. The summed E-state index contributed by atoms with van der Waals surface area (Å²) in [4.78, 5) is 25.4. The van der Waals surface area contributed by atoms with Crippen LogP contribution in [0.4, 0.5) is 0 Å². The molecule has 1 aliphatic heterocycles. The standard InChI is InChI=1S/C18H23NO4/c20-17(8-3-13-1-4-15(5-2-13)18(21)22)19(16-6-7-16)11-14-9-10-23-12-14/h1-2,4-5,14,16H,3,6-12H2,(H,21,22)/t14-/m1/s1. The van der Waals surface area contributed by atoms with Crippen molar-refractivity contribution in [2.45, 2.75) is 38.1 Å². The Morgan fingerprint density at radius 2 is 1.91 bits per heavy atom. The van der Waals surface area contributed by atoms with Crippen LogP contribution in [0.25, 0.3) is 0 Å². The first-order valence-electron chi connectivity index (χ1n) is 8.33. The summed E-state index contributed by atoms with van der Waals surface area (Å²) >= 11 is 0. The molecule has 0 radical (unpaired) electrons. The van der Waals surface area contributed by atoms with Crippen LogP contribution in [0, 0.1) is 5.92 Å². The van der Waals surface area contributed by atoms with Crippen LogP contribution >= 0.6 is 0 Å². The zero-order valence-electron chi connectivity index (χ0n) is 13.2. The molecule has 0 unspecified atom stereocenters. The molecule has 5 heteroatoms. The fourth-order valence-electron chi connectivity index (χ4n) is 3.06. The molecule has 1 atom stereocenters. The van der Waals surface area contributed by atoms with Gasteiger partial charge in [0.05, 0.1) is 12.2 Å². The van der Waals surface area contributed by atoms with Crippen LogP contribution < -0.4 is 0 Å². The predicted molar refractivity (Wildman–Crippen MR) is 85.4 cm³/mol. The number of aryl methyl sites for hydroxylation is 1. The Labute approximate surface area is 136 Å². The van der Waals surface area contributed by atoms with Gasteiger partial charge in [-0.3, -0.25) is 4.79 Å². The molecule has 3 rings (SSSR count). The van der Waals surface area contributed by atoms with Crippen molar-refractivity contribution < 1.29 is 19.4 Å². The molecule has 1 heterocycles. The molecule has 2 aliphatic rings. The minimum atomic E-state index is -0.925. The lowest BCUT2D eigenvalue weighted by molar-refractivity contribution is -0.132. The van der Waals surface area contributed by atoms with Crippen LogP contribution in [0.2, 0.25) is 0 Å². The number of carbonyl (C=O) groups is 2. The second-order valence-corrected chi connectivity index (χ2v) is 6.51. The zero-order chi connectivity index (χ0) is 16.2. The number of amides is 1. The van der Waals surface area contributed by atoms with Crippen LogP contribution in [0.5, 0.6) is 0 Å². The summed E-state index contributed by atoms with van der Waals surface area (Å²) in [6, 6.07) is 7.21. The van der Waals surface area contributed by atoms with Crippen LogP contribution in [0.1, 0.15) is 41.6 Å². The molecule has 1 saturated heterocycles. The minimum absolute atomic E-state index is 0.210. The third-order valence-corrected chi connectivity index (χ3v) is 4.62. The molecule has 1 aliphatic carbocycles. The van der Waals surface area contributed by atoms with E-state index in [9.17, 15) is 9.59 Å². The summed E-state index contributed by atoms with van der Waals surface area (Å²) in [7, 11) is 0. The maximum Gasteiger partial charge on any atom is 0.335 e. The molecular weight excluding hydrogens is 294 g/mol. The monoisotopic (exact) mass is 317 g/mol. The molecule has 1 amide bonds. The quantitative estimate of drug-likeness (QED) is 0.838. The number of ether oxygens (including phenoxy) is 1. The third-order valence-electron chi connectivity index (χ3n) is 4.62. The number of hydrogen-bond acceptors (Lipinski definition) is 3. The number of carboxylic acids is 1. The average Bonchev–Trinajstić information content (AvgIpc) is 3.26. The van der Waals surface area contributed by atoms with Crippen molar-refractivity contribution in [3.05, 3.63) is 35.4 Å². The maximum absolute atomic E-state index is 12.6. The van der Waals surface area contributed by atoms with E-state index in [1.807, 2.05) is 4.90 Å². The first-order chi connectivity index (χ1) is 11.1. The van der Waals surface area contributed by atoms with E-state index in [1.165, 1.54) is 0 Å². The van der Waals surface area contributed by atoms with Gasteiger partial charge in [0.1, 0.15) is 0 Å². The fourth-order valence-corrected chi connectivity index (χ4v) is 3.06. The van der Waals surface area contributed by atoms with E-state index in [2.05, 4.69) is 0 Å². The van der Waals surface area contributed by atoms with Crippen molar-refractivity contribution in [2.24, 2.45) is 5.92 Å². The number of benzene rings is 1. The maximum atomic E-state index is 12.6. The molecule has 5 nitrogen and oxygen atoms in total. The Morgan fingerprint density at radius 3 is 2.48 bits per heavy atom. The highest BCUT2D eigenvalue weighted by molar-refractivity contribution is 5.87. The van der Waals surface area contributed by atoms with Crippen molar-refractivity contribution >= 4 is 11.9 Å². The minimum Gasteiger partial charge on any atom is -0.478 e. The van der Waals surface area contributed by atoms with Crippen molar-refractivity contribution in [3.8, 4) is 0 Å². The van der Waals surface area contributed by atoms with Gasteiger partial charge in [-0.15, -0.1) is 0 Å². The lowest BCUT2D eigenvalue weighted by atomic mass is 10.1. The molecule has 23 heavy (non-hydrogen) atoms. The fraction of sp³-hybridized carbons (Fsp3) is 0.556. The van der Waals surface area contributed by atoms with Gasteiger partial charge in [-0.2, -0.15) is 0 Å². The van der Waals surface area contributed by atoms with Crippen molar-refractivity contribution in [2.75, 3.05) is 19.8 Å². The van der Waals surface area contributed by atoms with E-state index < -0.39 is 5.97 Å². The van der Waals surface area contributed by atoms with Crippen molar-refractivity contribution in [1.29, 1.82) is 0 Å². The Morgan fingerprint density at radius 1 is 1.17 bits per heavy atom. The number of hydrogen-bond donors (Lipinski definition) is 1. The van der Waals surface area contributed by atoms with Crippen LogP contribution in [-0.2, 0) is 16.0 Å². The number of aromatic carboxylic acids is 1. The number of carbonyl (C=O) groups excluding carboxylic acids is 1. The van der Waals surface area contributed by atoms with E-state index in [4.69, 9.17) is 9.84 Å². The summed E-state index contributed by atoms with van der Waals surface area (Å²) < 4.78 is 5.41. The first kappa shape index (κ1) is 16.0. The van der Waals surface area contributed by atoms with E-state index in [1.54, 1.807) is 24.3 Å². The van der Waals surface area contributed by atoms with Gasteiger partial charge in [0, 0.05) is 31.5 Å². The topological polar surface area (TPSA) is 66.8 Å². The van der Waals surface area contributed by atoms with Gasteiger partial charge in [0.2, 0.25) is 5.91 Å². The van der Waals surface area contributed by atoms with Gasteiger partial charge in [-0.1, -0.05) is 12.1 Å². The summed E-state index contributed by atoms with van der Waals surface area (Å²) in [6.07, 6.45) is 4.42. The van der Waals surface area contributed by atoms with Gasteiger partial charge in [0.15, 0.2) is 0 Å². The Bertz CT molecular complexity index is 559. The lowest BCUT2D eigenvalue weighted by Crippen LogP contribution is -2.37. The predicted octanol–water partition coefficient (Wildman–Crippen LogP) is 2.34. The number of carboxylic acid groups (broad SMARTS) is 1. The second-order valence-electron chi connectivity index (χ2n) is 6.51. The average molecular weight is 317 g/mol. The van der Waals surface area contributed by atoms with E-state index >= 15 is 0 Å². The molecule has 0 bridgehead atoms. The van der Waals surface area contributed by atoms with E-state index in [0.29, 0.717) is 24.8 Å². The first-order valence-corrected chi connectivity index (χ1v) is 8.33. The molecule has 124 valence electrons. The van der Waals surface area contributed by atoms with Gasteiger partial charge < -0.3 is 14.7 Å². The zero-order valence-corrected chi connectivity index (χ0v) is 13.2. The smallest absolute Gasteiger partial charge is 0.335 e. The van der Waals surface area contributed by atoms with Gasteiger partial charge in [0.25, 0.3) is 0 Å². The summed E-state index contributed by atoms with van der Waals surface area (Å²) in [5, 5.41) is 8.90. The summed E-state index contributed by atoms with van der Waals surface area (Å²) in [5.41, 5.74) is 1.28. The molecule has 1 aromatic carbocycles. The highest BCUT2D eigenvalue weighted by Crippen LogP contribution is 2.29. The largest absolute Gasteiger partial charge is 0.478 e. The third kappa shape index (κ3) is 4.32. The Kier molecular flexibility index (Phi) is 4.96. The highest BCUT2D eigenvalue weighted by Gasteiger charge is 2.34. The molecule has 0 aromatic heterocycles. The van der Waals surface area contributed by atoms with Gasteiger partial charge in [-0.25, -0.2) is 4.79 Å². The van der Waals surface area contributed by atoms with Crippen LogP contribution in [0.15, 0.2) is 24.3 Å². The number of rotatable bonds is 7. The second kappa shape index (κ2) is 7.13.